The van der Waals surface area contributed by atoms with Gasteiger partial charge in [-0.3, -0.25) is 0 Å². The van der Waals surface area contributed by atoms with Crippen LogP contribution in [0.3, 0.4) is 0 Å². The maximum atomic E-state index is 9.02. The lowest BCUT2D eigenvalue weighted by Gasteiger charge is -2.12. The van der Waals surface area contributed by atoms with E-state index in [9.17, 15) is 0 Å². The summed E-state index contributed by atoms with van der Waals surface area (Å²) in [5.74, 6) is 0.732. The molecule has 0 amide bonds. The van der Waals surface area contributed by atoms with Crippen molar-refractivity contribution < 1.29 is 14.6 Å². The number of aliphatic hydroxyl groups excluding tert-OH is 1. The Kier molecular flexibility index (Phi) is 6.08. The molecular weight excluding hydrogens is 218 g/mol. The standard InChI is InChI=1S/C13H17NO3/c1-2-16-12-6-3-5-11(9-12)13(10-14)17-8-4-7-15/h3,5-6,9,13,15H,2,4,7-8H2,1H3. The van der Waals surface area contributed by atoms with Gasteiger partial charge in [-0.15, -0.1) is 0 Å². The number of nitriles is 1. The molecule has 0 bridgehead atoms. The van der Waals surface area contributed by atoms with E-state index >= 15 is 0 Å². The molecule has 17 heavy (non-hydrogen) atoms. The monoisotopic (exact) mass is 235 g/mol. The minimum absolute atomic E-state index is 0.0666. The van der Waals surface area contributed by atoms with E-state index in [0.29, 0.717) is 19.6 Å². The molecule has 1 aromatic rings. The minimum atomic E-state index is -0.609. The summed E-state index contributed by atoms with van der Waals surface area (Å²) >= 11 is 0. The molecule has 0 radical (unpaired) electrons. The molecule has 0 aliphatic heterocycles. The highest BCUT2D eigenvalue weighted by atomic mass is 16.5. The Morgan fingerprint density at radius 1 is 1.47 bits per heavy atom. The number of nitrogens with zero attached hydrogens (tertiary/aromatic N) is 1. The molecule has 0 aliphatic rings. The fourth-order valence-electron chi connectivity index (χ4n) is 1.41. The number of benzene rings is 1. The van der Waals surface area contributed by atoms with E-state index in [4.69, 9.17) is 19.8 Å². The van der Waals surface area contributed by atoms with E-state index in [1.165, 1.54) is 0 Å². The van der Waals surface area contributed by atoms with Crippen LogP contribution in [0.5, 0.6) is 5.75 Å². The van der Waals surface area contributed by atoms with Crippen LogP contribution in [0.2, 0.25) is 0 Å². The molecule has 1 aromatic carbocycles. The second-order valence-corrected chi connectivity index (χ2v) is 3.46. The van der Waals surface area contributed by atoms with Gasteiger partial charge in [-0.2, -0.15) is 5.26 Å². The smallest absolute Gasteiger partial charge is 0.169 e. The summed E-state index contributed by atoms with van der Waals surface area (Å²) in [6.45, 7) is 2.93. The van der Waals surface area contributed by atoms with Crippen molar-refractivity contribution >= 4 is 0 Å². The van der Waals surface area contributed by atoms with Crippen molar-refractivity contribution in [3.63, 3.8) is 0 Å². The summed E-state index contributed by atoms with van der Waals surface area (Å²) in [6.07, 6.45) is -0.0782. The van der Waals surface area contributed by atoms with Crippen molar-refractivity contribution in [3.05, 3.63) is 29.8 Å². The molecule has 0 saturated carbocycles. The number of rotatable bonds is 7. The van der Waals surface area contributed by atoms with E-state index in [1.54, 1.807) is 6.07 Å². The van der Waals surface area contributed by atoms with Gasteiger partial charge in [0.2, 0.25) is 0 Å². The average Bonchev–Trinajstić information content (AvgIpc) is 2.35. The van der Waals surface area contributed by atoms with Crippen LogP contribution in [0.15, 0.2) is 24.3 Å². The molecule has 4 heteroatoms. The van der Waals surface area contributed by atoms with Crippen molar-refractivity contribution in [2.24, 2.45) is 0 Å². The maximum Gasteiger partial charge on any atom is 0.169 e. The third-order valence-electron chi connectivity index (χ3n) is 2.18. The third-order valence-corrected chi connectivity index (χ3v) is 2.18. The van der Waals surface area contributed by atoms with Gasteiger partial charge in [0.05, 0.1) is 19.3 Å². The number of hydrogen-bond donors (Lipinski definition) is 1. The maximum absolute atomic E-state index is 9.02. The highest BCUT2D eigenvalue weighted by Crippen LogP contribution is 2.21. The molecule has 0 aromatic heterocycles. The van der Waals surface area contributed by atoms with Gasteiger partial charge in [0.15, 0.2) is 6.10 Å². The fourth-order valence-corrected chi connectivity index (χ4v) is 1.41. The van der Waals surface area contributed by atoms with Crippen molar-refractivity contribution in [3.8, 4) is 11.8 Å². The zero-order chi connectivity index (χ0) is 12.5. The summed E-state index contributed by atoms with van der Waals surface area (Å²) in [6, 6.07) is 9.39. The van der Waals surface area contributed by atoms with Crippen LogP contribution in [-0.2, 0) is 4.74 Å². The van der Waals surface area contributed by atoms with Crippen molar-refractivity contribution in [2.75, 3.05) is 19.8 Å². The Morgan fingerprint density at radius 3 is 2.94 bits per heavy atom. The van der Waals surface area contributed by atoms with E-state index in [0.717, 1.165) is 11.3 Å². The highest BCUT2D eigenvalue weighted by molar-refractivity contribution is 5.32. The first-order valence-electron chi connectivity index (χ1n) is 5.66. The van der Waals surface area contributed by atoms with Gasteiger partial charge in [-0.25, -0.2) is 0 Å². The molecule has 4 nitrogen and oxygen atoms in total. The van der Waals surface area contributed by atoms with Gasteiger partial charge >= 0.3 is 0 Å². The lowest BCUT2D eigenvalue weighted by atomic mass is 10.1. The Labute approximate surface area is 101 Å². The zero-order valence-corrected chi connectivity index (χ0v) is 9.93. The van der Waals surface area contributed by atoms with Crippen LogP contribution in [-0.4, -0.2) is 24.9 Å². The Balaban J connectivity index is 2.67. The van der Waals surface area contributed by atoms with Gasteiger partial charge in [0.1, 0.15) is 5.75 Å². The Bertz CT molecular complexity index is 373. The quantitative estimate of drug-likeness (QED) is 0.735. The third kappa shape index (κ3) is 4.43. The molecule has 92 valence electrons. The number of aliphatic hydroxyl groups is 1. The topological polar surface area (TPSA) is 62.5 Å². The summed E-state index contributed by atoms with van der Waals surface area (Å²) < 4.78 is 10.7. The molecular formula is C13H17NO3. The van der Waals surface area contributed by atoms with Crippen molar-refractivity contribution in [2.45, 2.75) is 19.4 Å². The van der Waals surface area contributed by atoms with E-state index in [1.807, 2.05) is 25.1 Å². The van der Waals surface area contributed by atoms with Crippen molar-refractivity contribution in [1.82, 2.24) is 0 Å². The van der Waals surface area contributed by atoms with Gasteiger partial charge in [-0.05, 0) is 31.0 Å². The van der Waals surface area contributed by atoms with E-state index in [-0.39, 0.29) is 6.61 Å². The summed E-state index contributed by atoms with van der Waals surface area (Å²) in [7, 11) is 0. The zero-order valence-electron chi connectivity index (χ0n) is 9.93. The average molecular weight is 235 g/mol. The summed E-state index contributed by atoms with van der Waals surface area (Å²) in [4.78, 5) is 0. The SMILES string of the molecule is CCOc1cccc(C(C#N)OCCCO)c1. The lowest BCUT2D eigenvalue weighted by Crippen LogP contribution is -2.05. The van der Waals surface area contributed by atoms with Gasteiger partial charge in [0, 0.05) is 6.61 Å². The Morgan fingerprint density at radius 2 is 2.29 bits per heavy atom. The van der Waals surface area contributed by atoms with Crippen LogP contribution >= 0.6 is 0 Å². The van der Waals surface area contributed by atoms with Gasteiger partial charge < -0.3 is 14.6 Å². The Hall–Kier alpha value is -1.57. The van der Waals surface area contributed by atoms with E-state index < -0.39 is 6.10 Å². The van der Waals surface area contributed by atoms with Crippen molar-refractivity contribution in [1.29, 1.82) is 5.26 Å². The van der Waals surface area contributed by atoms with Crippen LogP contribution < -0.4 is 4.74 Å². The predicted molar refractivity (Wildman–Crippen MR) is 63.6 cm³/mol. The summed E-state index contributed by atoms with van der Waals surface area (Å²) in [5, 5.41) is 17.7. The molecule has 0 spiro atoms. The molecule has 0 fully saturated rings. The van der Waals surface area contributed by atoms with E-state index in [2.05, 4.69) is 6.07 Å². The van der Waals surface area contributed by atoms with Crippen LogP contribution in [0, 0.1) is 11.3 Å². The summed E-state index contributed by atoms with van der Waals surface area (Å²) in [5.41, 5.74) is 0.774. The normalized spacial score (nSPS) is 11.8. The molecule has 1 atom stereocenters. The molecule has 0 aliphatic carbocycles. The lowest BCUT2D eigenvalue weighted by molar-refractivity contribution is 0.0772. The number of hydrogen-bond acceptors (Lipinski definition) is 4. The molecule has 1 N–H and O–H groups in total. The fraction of sp³-hybridized carbons (Fsp3) is 0.462. The first kappa shape index (κ1) is 13.5. The molecule has 0 saturated heterocycles. The minimum Gasteiger partial charge on any atom is -0.494 e. The van der Waals surface area contributed by atoms with Crippen LogP contribution in [0.25, 0.3) is 0 Å². The first-order valence-corrected chi connectivity index (χ1v) is 5.66. The van der Waals surface area contributed by atoms with Crippen LogP contribution in [0.1, 0.15) is 25.0 Å². The van der Waals surface area contributed by atoms with Gasteiger partial charge in [0.25, 0.3) is 0 Å². The molecule has 0 heterocycles. The number of ether oxygens (including phenoxy) is 2. The van der Waals surface area contributed by atoms with Crippen LogP contribution in [0.4, 0.5) is 0 Å². The molecule has 1 rings (SSSR count). The van der Waals surface area contributed by atoms with Gasteiger partial charge in [-0.1, -0.05) is 12.1 Å². The first-order chi connectivity index (χ1) is 8.31. The second kappa shape index (κ2) is 7.66. The molecule has 1 unspecified atom stereocenters. The second-order valence-electron chi connectivity index (χ2n) is 3.46. The largest absolute Gasteiger partial charge is 0.494 e. The highest BCUT2D eigenvalue weighted by Gasteiger charge is 2.11. The predicted octanol–water partition coefficient (Wildman–Crippen LogP) is 2.05.